The summed E-state index contributed by atoms with van der Waals surface area (Å²) in [5, 5.41) is 0. The first-order chi connectivity index (χ1) is 9.74. The van der Waals surface area contributed by atoms with Gasteiger partial charge in [-0.05, 0) is 44.4 Å². The number of nitrogens with zero attached hydrogens (tertiary/aromatic N) is 1. The molecule has 1 atom stereocenters. The maximum Gasteiger partial charge on any atom is 0.0402 e. The summed E-state index contributed by atoms with van der Waals surface area (Å²) in [4.78, 5) is 2.63. The third kappa shape index (κ3) is 2.58. The van der Waals surface area contributed by atoms with Gasteiger partial charge in [0.05, 0.1) is 0 Å². The zero-order valence-corrected chi connectivity index (χ0v) is 12.8. The number of nitrogens with two attached hydrogens (primary N) is 1. The SMILES string of the molecule is CC1Cc2ccccc2N1CC1(CN)CCCCCC1. The van der Waals surface area contributed by atoms with E-state index in [2.05, 4.69) is 36.1 Å². The van der Waals surface area contributed by atoms with Crippen molar-refractivity contribution in [2.45, 2.75) is 57.9 Å². The van der Waals surface area contributed by atoms with E-state index in [4.69, 9.17) is 5.73 Å². The van der Waals surface area contributed by atoms with Crippen molar-refractivity contribution in [3.8, 4) is 0 Å². The standard InChI is InChI=1S/C18H28N2/c1-15-12-16-8-4-5-9-17(16)20(15)14-18(13-19)10-6-2-3-7-11-18/h4-5,8-9,15H,2-3,6-7,10-14,19H2,1H3. The lowest BCUT2D eigenvalue weighted by Gasteiger charge is -2.38. The van der Waals surface area contributed by atoms with E-state index in [9.17, 15) is 0 Å². The highest BCUT2D eigenvalue weighted by atomic mass is 15.2. The third-order valence-electron chi connectivity index (χ3n) is 5.45. The van der Waals surface area contributed by atoms with Crippen molar-refractivity contribution in [3.05, 3.63) is 29.8 Å². The van der Waals surface area contributed by atoms with Crippen LogP contribution < -0.4 is 10.6 Å². The normalized spacial score (nSPS) is 25.3. The smallest absolute Gasteiger partial charge is 0.0402 e. The maximum absolute atomic E-state index is 6.22. The zero-order valence-electron chi connectivity index (χ0n) is 12.8. The Hall–Kier alpha value is -1.02. The Bertz CT molecular complexity index is 446. The molecule has 2 aliphatic rings. The molecule has 0 radical (unpaired) electrons. The molecule has 0 aromatic heterocycles. The molecule has 1 fully saturated rings. The minimum absolute atomic E-state index is 0.349. The summed E-state index contributed by atoms with van der Waals surface area (Å²) in [7, 11) is 0. The summed E-state index contributed by atoms with van der Waals surface area (Å²) in [5.41, 5.74) is 9.54. The van der Waals surface area contributed by atoms with Crippen molar-refractivity contribution >= 4 is 5.69 Å². The fourth-order valence-corrected chi connectivity index (χ4v) is 4.14. The van der Waals surface area contributed by atoms with Crippen LogP contribution in [0.2, 0.25) is 0 Å². The van der Waals surface area contributed by atoms with Crippen molar-refractivity contribution in [2.75, 3.05) is 18.0 Å². The van der Waals surface area contributed by atoms with Gasteiger partial charge in [0.25, 0.3) is 0 Å². The lowest BCUT2D eigenvalue weighted by atomic mass is 9.79. The monoisotopic (exact) mass is 272 g/mol. The van der Waals surface area contributed by atoms with Gasteiger partial charge < -0.3 is 10.6 Å². The average molecular weight is 272 g/mol. The predicted molar refractivity (Wildman–Crippen MR) is 86.1 cm³/mol. The molecule has 2 heteroatoms. The van der Waals surface area contributed by atoms with E-state index in [0.29, 0.717) is 11.5 Å². The molecule has 0 bridgehead atoms. The Morgan fingerprint density at radius 2 is 1.85 bits per heavy atom. The predicted octanol–water partition coefficient (Wildman–Crippen LogP) is 3.74. The lowest BCUT2D eigenvalue weighted by molar-refractivity contribution is 0.254. The molecule has 2 N–H and O–H groups in total. The molecule has 1 aromatic carbocycles. The van der Waals surface area contributed by atoms with Crippen molar-refractivity contribution in [1.29, 1.82) is 0 Å². The second kappa shape index (κ2) is 5.77. The fraction of sp³-hybridized carbons (Fsp3) is 0.667. The molecule has 0 amide bonds. The number of anilines is 1. The Morgan fingerprint density at radius 1 is 1.15 bits per heavy atom. The molecular formula is C18H28N2. The number of hydrogen-bond acceptors (Lipinski definition) is 2. The summed E-state index contributed by atoms with van der Waals surface area (Å²) in [6.07, 6.45) is 9.34. The van der Waals surface area contributed by atoms with Gasteiger partial charge in [0.15, 0.2) is 0 Å². The van der Waals surface area contributed by atoms with Crippen molar-refractivity contribution in [3.63, 3.8) is 0 Å². The van der Waals surface area contributed by atoms with Crippen molar-refractivity contribution < 1.29 is 0 Å². The van der Waals surface area contributed by atoms with Gasteiger partial charge in [-0.25, -0.2) is 0 Å². The summed E-state index contributed by atoms with van der Waals surface area (Å²) < 4.78 is 0. The zero-order chi connectivity index (χ0) is 14.0. The lowest BCUT2D eigenvalue weighted by Crippen LogP contribution is -2.44. The Labute approximate surface area is 123 Å². The summed E-state index contributed by atoms with van der Waals surface area (Å²) in [6, 6.07) is 9.54. The van der Waals surface area contributed by atoms with Gasteiger partial charge in [-0.15, -0.1) is 0 Å². The van der Waals surface area contributed by atoms with Crippen LogP contribution >= 0.6 is 0 Å². The van der Waals surface area contributed by atoms with Gasteiger partial charge in [-0.3, -0.25) is 0 Å². The first-order valence-electron chi connectivity index (χ1n) is 8.29. The molecule has 1 aliphatic heterocycles. The van der Waals surface area contributed by atoms with E-state index in [0.717, 1.165) is 13.1 Å². The summed E-state index contributed by atoms with van der Waals surface area (Å²) >= 11 is 0. The number of rotatable bonds is 3. The highest BCUT2D eigenvalue weighted by Gasteiger charge is 2.35. The van der Waals surface area contributed by atoms with Crippen LogP contribution in [-0.2, 0) is 6.42 Å². The molecule has 0 spiro atoms. The first kappa shape index (κ1) is 13.9. The molecule has 3 rings (SSSR count). The maximum atomic E-state index is 6.22. The van der Waals surface area contributed by atoms with Crippen LogP contribution in [-0.4, -0.2) is 19.1 Å². The molecule has 1 saturated carbocycles. The number of hydrogen-bond donors (Lipinski definition) is 1. The van der Waals surface area contributed by atoms with Crippen LogP contribution in [0, 0.1) is 5.41 Å². The van der Waals surface area contributed by atoms with Crippen LogP contribution in [0.3, 0.4) is 0 Å². The van der Waals surface area contributed by atoms with Crippen LogP contribution in [0.1, 0.15) is 51.0 Å². The quantitative estimate of drug-likeness (QED) is 0.849. The molecule has 2 nitrogen and oxygen atoms in total. The largest absolute Gasteiger partial charge is 0.368 e. The highest BCUT2D eigenvalue weighted by Crippen LogP contribution is 2.40. The second-order valence-electron chi connectivity index (χ2n) is 6.93. The van der Waals surface area contributed by atoms with Gasteiger partial charge in [0.2, 0.25) is 0 Å². The molecule has 0 saturated heterocycles. The Morgan fingerprint density at radius 3 is 2.55 bits per heavy atom. The molecule has 1 aliphatic carbocycles. The van der Waals surface area contributed by atoms with Crippen LogP contribution in [0.4, 0.5) is 5.69 Å². The molecule has 1 aromatic rings. The number of benzene rings is 1. The van der Waals surface area contributed by atoms with E-state index in [1.54, 1.807) is 0 Å². The van der Waals surface area contributed by atoms with Gasteiger partial charge >= 0.3 is 0 Å². The minimum Gasteiger partial charge on any atom is -0.368 e. The summed E-state index contributed by atoms with van der Waals surface area (Å²) in [5.74, 6) is 0. The van der Waals surface area contributed by atoms with E-state index in [-0.39, 0.29) is 0 Å². The first-order valence-corrected chi connectivity index (χ1v) is 8.29. The topological polar surface area (TPSA) is 29.3 Å². The van der Waals surface area contributed by atoms with E-state index >= 15 is 0 Å². The number of fused-ring (bicyclic) bond motifs is 1. The molecule has 1 heterocycles. The minimum atomic E-state index is 0.349. The van der Waals surface area contributed by atoms with Crippen LogP contribution in [0.5, 0.6) is 0 Å². The molecule has 1 unspecified atom stereocenters. The summed E-state index contributed by atoms with van der Waals surface area (Å²) in [6.45, 7) is 4.36. The average Bonchev–Trinajstić information content (AvgIpc) is 2.65. The Balaban J connectivity index is 1.82. The number of para-hydroxylation sites is 1. The van der Waals surface area contributed by atoms with E-state index in [1.807, 2.05) is 0 Å². The Kier molecular flexibility index (Phi) is 4.02. The van der Waals surface area contributed by atoms with Crippen LogP contribution in [0.15, 0.2) is 24.3 Å². The van der Waals surface area contributed by atoms with Gasteiger partial charge in [-0.2, -0.15) is 0 Å². The molecule has 20 heavy (non-hydrogen) atoms. The van der Waals surface area contributed by atoms with E-state index < -0.39 is 0 Å². The van der Waals surface area contributed by atoms with Gasteiger partial charge in [-0.1, -0.05) is 43.9 Å². The van der Waals surface area contributed by atoms with Crippen molar-refractivity contribution in [2.24, 2.45) is 11.1 Å². The second-order valence-corrected chi connectivity index (χ2v) is 6.93. The third-order valence-corrected chi connectivity index (χ3v) is 5.45. The molecular weight excluding hydrogens is 244 g/mol. The van der Waals surface area contributed by atoms with Gasteiger partial charge in [0.1, 0.15) is 0 Å². The van der Waals surface area contributed by atoms with E-state index in [1.165, 1.54) is 56.2 Å². The highest BCUT2D eigenvalue weighted by molar-refractivity contribution is 5.59. The van der Waals surface area contributed by atoms with Crippen LogP contribution in [0.25, 0.3) is 0 Å². The fourth-order valence-electron chi connectivity index (χ4n) is 4.14. The van der Waals surface area contributed by atoms with Gasteiger partial charge in [0, 0.05) is 23.7 Å². The van der Waals surface area contributed by atoms with Crippen molar-refractivity contribution in [1.82, 2.24) is 0 Å². The molecule has 110 valence electrons.